The van der Waals surface area contributed by atoms with Crippen LogP contribution in [0.2, 0.25) is 10.0 Å². The topological polar surface area (TPSA) is 56.7 Å². The molecule has 0 saturated carbocycles. The summed E-state index contributed by atoms with van der Waals surface area (Å²) in [5.41, 5.74) is 7.66. The molecule has 3 rings (SSSR count). The van der Waals surface area contributed by atoms with Crippen molar-refractivity contribution < 1.29 is 0 Å². The second-order valence-corrected chi connectivity index (χ2v) is 6.96. The molecular formula is C16H14Cl2N4S. The summed E-state index contributed by atoms with van der Waals surface area (Å²) in [5, 5.41) is 2.06. The minimum Gasteiger partial charge on any atom is -0.397 e. The van der Waals surface area contributed by atoms with E-state index in [-0.39, 0.29) is 5.25 Å². The highest BCUT2D eigenvalue weighted by Gasteiger charge is 2.19. The molecule has 0 aliphatic carbocycles. The molecule has 2 N–H and O–H groups in total. The Labute approximate surface area is 148 Å². The van der Waals surface area contributed by atoms with Crippen molar-refractivity contribution in [3.8, 4) is 0 Å². The maximum atomic E-state index is 6.40. The summed E-state index contributed by atoms with van der Waals surface area (Å²) in [6, 6.07) is 9.19. The molecule has 0 aliphatic rings. The number of rotatable bonds is 5. The summed E-state index contributed by atoms with van der Waals surface area (Å²) >= 11 is 14.0. The second-order valence-electron chi connectivity index (χ2n) is 4.93. The van der Waals surface area contributed by atoms with E-state index in [1.54, 1.807) is 36.5 Å². The Morgan fingerprint density at radius 3 is 2.78 bits per heavy atom. The van der Waals surface area contributed by atoms with Gasteiger partial charge in [-0.25, -0.2) is 9.97 Å². The lowest BCUT2D eigenvalue weighted by atomic mass is 10.1. The average molecular weight is 365 g/mol. The zero-order valence-electron chi connectivity index (χ0n) is 12.1. The Hall–Kier alpha value is -1.69. The van der Waals surface area contributed by atoms with E-state index < -0.39 is 0 Å². The Kier molecular flexibility index (Phi) is 5.10. The first kappa shape index (κ1) is 16.2. The molecule has 3 aromatic rings. The van der Waals surface area contributed by atoms with Crippen molar-refractivity contribution in [3.63, 3.8) is 0 Å². The van der Waals surface area contributed by atoms with Gasteiger partial charge in [-0.1, -0.05) is 41.0 Å². The van der Waals surface area contributed by atoms with Crippen LogP contribution in [-0.4, -0.2) is 14.5 Å². The third-order valence-electron chi connectivity index (χ3n) is 3.30. The summed E-state index contributed by atoms with van der Waals surface area (Å²) in [5.74, 6) is 0. The Morgan fingerprint density at radius 1 is 1.22 bits per heavy atom. The van der Waals surface area contributed by atoms with Gasteiger partial charge in [-0.3, -0.25) is 0 Å². The number of thioether (sulfide) groups is 1. The lowest BCUT2D eigenvalue weighted by molar-refractivity contribution is 0.683. The number of nitrogens with two attached hydrogens (primary N) is 1. The molecule has 0 spiro atoms. The average Bonchev–Trinajstić information content (AvgIpc) is 3.02. The minimum absolute atomic E-state index is 0.0335. The van der Waals surface area contributed by atoms with Gasteiger partial charge in [0, 0.05) is 35.2 Å². The maximum absolute atomic E-state index is 6.40. The van der Waals surface area contributed by atoms with Gasteiger partial charge in [0.05, 0.1) is 17.3 Å². The van der Waals surface area contributed by atoms with Gasteiger partial charge in [-0.2, -0.15) is 0 Å². The van der Waals surface area contributed by atoms with Gasteiger partial charge in [-0.15, -0.1) is 0 Å². The zero-order valence-corrected chi connectivity index (χ0v) is 14.4. The van der Waals surface area contributed by atoms with Crippen molar-refractivity contribution in [1.82, 2.24) is 14.5 Å². The number of halogens is 2. The van der Waals surface area contributed by atoms with Crippen LogP contribution < -0.4 is 5.73 Å². The predicted octanol–water partition coefficient (Wildman–Crippen LogP) is 4.70. The molecule has 2 aromatic heterocycles. The standard InChI is InChI=1S/C16H14Cl2N4S/c17-11-3-4-12(13(18)8-11)15(9-22-7-6-20-10-22)23-16-14(19)2-1-5-21-16/h1-8,10,15H,9,19H2/t15-/m0/s1. The number of anilines is 1. The van der Waals surface area contributed by atoms with Crippen molar-refractivity contribution in [2.75, 3.05) is 5.73 Å². The number of hydrogen-bond donors (Lipinski definition) is 1. The molecule has 0 unspecified atom stereocenters. The number of hydrogen-bond acceptors (Lipinski definition) is 4. The summed E-state index contributed by atoms with van der Waals surface area (Å²) in [4.78, 5) is 8.45. The summed E-state index contributed by atoms with van der Waals surface area (Å²) in [6.07, 6.45) is 7.18. The quantitative estimate of drug-likeness (QED) is 0.666. The van der Waals surface area contributed by atoms with Gasteiger partial charge in [0.2, 0.25) is 0 Å². The first-order valence-corrected chi connectivity index (χ1v) is 8.55. The number of pyridine rings is 1. The van der Waals surface area contributed by atoms with Gasteiger partial charge in [-0.05, 0) is 29.8 Å². The van der Waals surface area contributed by atoms with Crippen molar-refractivity contribution in [2.45, 2.75) is 16.8 Å². The molecule has 23 heavy (non-hydrogen) atoms. The fraction of sp³-hybridized carbons (Fsp3) is 0.125. The fourth-order valence-corrected chi connectivity index (χ4v) is 3.96. The van der Waals surface area contributed by atoms with E-state index in [0.29, 0.717) is 22.3 Å². The second kappa shape index (κ2) is 7.25. The molecule has 0 saturated heterocycles. The lowest BCUT2D eigenvalue weighted by Crippen LogP contribution is -2.06. The van der Waals surface area contributed by atoms with Gasteiger partial charge in [0.1, 0.15) is 5.03 Å². The first-order chi connectivity index (χ1) is 11.1. The van der Waals surface area contributed by atoms with Crippen molar-refractivity contribution in [3.05, 3.63) is 70.9 Å². The van der Waals surface area contributed by atoms with E-state index in [9.17, 15) is 0 Å². The maximum Gasteiger partial charge on any atom is 0.120 e. The number of benzene rings is 1. The van der Waals surface area contributed by atoms with Crippen LogP contribution in [0.5, 0.6) is 0 Å². The van der Waals surface area contributed by atoms with Gasteiger partial charge in [0.25, 0.3) is 0 Å². The van der Waals surface area contributed by atoms with Crippen LogP contribution >= 0.6 is 35.0 Å². The van der Waals surface area contributed by atoms with E-state index in [4.69, 9.17) is 28.9 Å². The van der Waals surface area contributed by atoms with E-state index in [1.807, 2.05) is 35.0 Å². The largest absolute Gasteiger partial charge is 0.397 e. The van der Waals surface area contributed by atoms with Crippen LogP contribution in [0.15, 0.2) is 60.3 Å². The van der Waals surface area contributed by atoms with Crippen LogP contribution in [0.25, 0.3) is 0 Å². The number of imidazole rings is 1. The SMILES string of the molecule is Nc1cccnc1S[C@@H](Cn1ccnc1)c1ccc(Cl)cc1Cl. The summed E-state index contributed by atoms with van der Waals surface area (Å²) < 4.78 is 2.00. The fourth-order valence-electron chi connectivity index (χ4n) is 2.18. The molecule has 4 nitrogen and oxygen atoms in total. The van der Waals surface area contributed by atoms with Gasteiger partial charge in [0.15, 0.2) is 0 Å². The third-order valence-corrected chi connectivity index (χ3v) is 5.11. The van der Waals surface area contributed by atoms with E-state index in [2.05, 4.69) is 9.97 Å². The molecule has 0 aliphatic heterocycles. The molecule has 0 radical (unpaired) electrons. The predicted molar refractivity (Wildman–Crippen MR) is 95.9 cm³/mol. The molecule has 118 valence electrons. The molecule has 2 heterocycles. The normalized spacial score (nSPS) is 12.3. The summed E-state index contributed by atoms with van der Waals surface area (Å²) in [6.45, 7) is 0.696. The highest BCUT2D eigenvalue weighted by atomic mass is 35.5. The van der Waals surface area contributed by atoms with Crippen molar-refractivity contribution in [2.24, 2.45) is 0 Å². The molecular weight excluding hydrogens is 351 g/mol. The van der Waals surface area contributed by atoms with Crippen LogP contribution in [0.4, 0.5) is 5.69 Å². The Morgan fingerprint density at radius 2 is 2.09 bits per heavy atom. The lowest BCUT2D eigenvalue weighted by Gasteiger charge is -2.19. The number of nitrogens with zero attached hydrogens (tertiary/aromatic N) is 3. The van der Waals surface area contributed by atoms with Crippen LogP contribution in [0.3, 0.4) is 0 Å². The van der Waals surface area contributed by atoms with Crippen LogP contribution in [0, 0.1) is 0 Å². The van der Waals surface area contributed by atoms with E-state index in [1.165, 1.54) is 0 Å². The zero-order chi connectivity index (χ0) is 16.2. The van der Waals surface area contributed by atoms with Crippen molar-refractivity contribution in [1.29, 1.82) is 0 Å². The van der Waals surface area contributed by atoms with E-state index in [0.717, 1.165) is 10.6 Å². The van der Waals surface area contributed by atoms with Gasteiger partial charge >= 0.3 is 0 Å². The molecule has 0 amide bonds. The molecule has 1 aromatic carbocycles. The molecule has 1 atom stereocenters. The molecule has 0 fully saturated rings. The van der Waals surface area contributed by atoms with E-state index >= 15 is 0 Å². The minimum atomic E-state index is 0.0335. The smallest absolute Gasteiger partial charge is 0.120 e. The van der Waals surface area contributed by atoms with Gasteiger partial charge < -0.3 is 10.3 Å². The Bertz CT molecular complexity index is 793. The third kappa shape index (κ3) is 3.99. The molecule has 7 heteroatoms. The highest BCUT2D eigenvalue weighted by molar-refractivity contribution is 7.99. The van der Waals surface area contributed by atoms with Crippen LogP contribution in [0.1, 0.15) is 10.8 Å². The highest BCUT2D eigenvalue weighted by Crippen LogP contribution is 2.41. The van der Waals surface area contributed by atoms with Crippen molar-refractivity contribution >= 4 is 40.7 Å². The first-order valence-electron chi connectivity index (χ1n) is 6.91. The Balaban J connectivity index is 1.94. The molecule has 0 bridgehead atoms. The number of nitrogen functional groups attached to an aromatic ring is 1. The monoisotopic (exact) mass is 364 g/mol. The van der Waals surface area contributed by atoms with Crippen LogP contribution in [-0.2, 0) is 6.54 Å². The number of aromatic nitrogens is 3. The summed E-state index contributed by atoms with van der Waals surface area (Å²) in [7, 11) is 0.